The molecule has 7 heteroatoms. The molecule has 0 bridgehead atoms. The van der Waals surface area contributed by atoms with Crippen molar-refractivity contribution in [1.82, 2.24) is 14.5 Å². The predicted molar refractivity (Wildman–Crippen MR) is 118 cm³/mol. The zero-order valence-corrected chi connectivity index (χ0v) is 16.7. The highest BCUT2D eigenvalue weighted by molar-refractivity contribution is 5.80. The van der Waals surface area contributed by atoms with E-state index in [0.29, 0.717) is 30.2 Å². The van der Waals surface area contributed by atoms with Crippen molar-refractivity contribution in [3.63, 3.8) is 0 Å². The van der Waals surface area contributed by atoms with E-state index in [0.717, 1.165) is 17.8 Å². The van der Waals surface area contributed by atoms with E-state index in [9.17, 15) is 14.3 Å². The molecule has 1 aromatic heterocycles. The van der Waals surface area contributed by atoms with Gasteiger partial charge >= 0.3 is 0 Å². The fourth-order valence-electron chi connectivity index (χ4n) is 3.81. The molecule has 2 N–H and O–H groups in total. The Bertz CT molecular complexity index is 1280. The van der Waals surface area contributed by atoms with E-state index in [1.54, 1.807) is 0 Å². The summed E-state index contributed by atoms with van der Waals surface area (Å²) in [6.07, 6.45) is -0.219. The maximum absolute atomic E-state index is 13.8. The summed E-state index contributed by atoms with van der Waals surface area (Å²) in [6.45, 7) is 2.18. The van der Waals surface area contributed by atoms with E-state index in [2.05, 4.69) is 15.2 Å². The second kappa shape index (κ2) is 7.94. The van der Waals surface area contributed by atoms with Crippen LogP contribution in [0, 0.1) is 5.82 Å². The molecule has 0 atom stereocenters. The molecule has 1 aliphatic rings. The van der Waals surface area contributed by atoms with Crippen LogP contribution in [-0.4, -0.2) is 38.8 Å². The van der Waals surface area contributed by atoms with E-state index in [1.165, 1.54) is 22.8 Å². The van der Waals surface area contributed by atoms with Gasteiger partial charge in [0.25, 0.3) is 5.56 Å². The first-order valence-corrected chi connectivity index (χ1v) is 10.1. The van der Waals surface area contributed by atoms with Crippen molar-refractivity contribution in [2.45, 2.75) is 12.6 Å². The number of fused-ring (bicyclic) bond motifs is 1. The molecule has 1 saturated heterocycles. The number of nitrogens with zero attached hydrogens (tertiary/aromatic N) is 3. The van der Waals surface area contributed by atoms with Crippen molar-refractivity contribution in [2.24, 2.45) is 0 Å². The quantitative estimate of drug-likeness (QED) is 0.522. The van der Waals surface area contributed by atoms with E-state index < -0.39 is 5.82 Å². The fraction of sp³-hybridized carbons (Fsp3) is 0.167. The Labute approximate surface area is 178 Å². The Morgan fingerprint density at radius 2 is 1.77 bits per heavy atom. The zero-order chi connectivity index (χ0) is 21.4. The molecule has 0 unspecified atom stereocenters. The molecule has 0 spiro atoms. The molecule has 5 rings (SSSR count). The Hall–Kier alpha value is -3.55. The molecule has 2 heterocycles. The molecular formula is C24H21FN4O2. The molecule has 31 heavy (non-hydrogen) atoms. The van der Waals surface area contributed by atoms with E-state index in [4.69, 9.17) is 0 Å². The van der Waals surface area contributed by atoms with E-state index in [1.807, 2.05) is 54.6 Å². The number of hydrogen-bond acceptors (Lipinski definition) is 5. The number of hydrogen-bond donors (Lipinski definition) is 2. The number of para-hydroxylation sites is 1. The highest BCUT2D eigenvalue weighted by Gasteiger charge is 2.23. The Morgan fingerprint density at radius 3 is 2.48 bits per heavy atom. The number of β-amino-alcohol motifs (C(OH)–C–C–N with tert-alkyl or cyclic N) is 1. The second-order valence-electron chi connectivity index (χ2n) is 7.74. The number of aromatic nitrogens is 2. The Balaban J connectivity index is 1.51. The number of likely N-dealkylation sites (tertiary alicyclic amines) is 1. The molecule has 156 valence electrons. The van der Waals surface area contributed by atoms with Crippen LogP contribution in [0.4, 0.5) is 16.0 Å². The van der Waals surface area contributed by atoms with E-state index in [-0.39, 0.29) is 17.0 Å². The molecule has 4 aromatic rings. The van der Waals surface area contributed by atoms with Crippen molar-refractivity contribution in [3.8, 4) is 5.69 Å². The molecule has 0 aliphatic carbocycles. The van der Waals surface area contributed by atoms with Crippen LogP contribution in [-0.2, 0) is 6.54 Å². The number of rotatable bonds is 5. The molecule has 0 saturated carbocycles. The standard InChI is InChI=1S/C24H21FN4O2/c25-17-8-11-22-21(12-17)23(31)29(19-4-2-1-3-5-19)24(27-22)26-18-9-6-16(7-10-18)13-28-14-20(30)15-28/h1-12,20,30H,13-15H2,(H,26,27). The number of anilines is 2. The van der Waals surface area contributed by atoms with Crippen molar-refractivity contribution in [3.05, 3.63) is 94.5 Å². The number of halogens is 1. The van der Waals surface area contributed by atoms with Crippen LogP contribution in [0.2, 0.25) is 0 Å². The topological polar surface area (TPSA) is 70.4 Å². The third-order valence-corrected chi connectivity index (χ3v) is 5.40. The minimum atomic E-state index is -0.475. The molecule has 0 amide bonds. The van der Waals surface area contributed by atoms with Crippen LogP contribution in [0.5, 0.6) is 0 Å². The zero-order valence-electron chi connectivity index (χ0n) is 16.7. The van der Waals surface area contributed by atoms with Gasteiger partial charge in [-0.25, -0.2) is 13.9 Å². The molecule has 3 aromatic carbocycles. The highest BCUT2D eigenvalue weighted by atomic mass is 19.1. The lowest BCUT2D eigenvalue weighted by Crippen LogP contribution is -2.49. The van der Waals surface area contributed by atoms with Gasteiger partial charge in [-0.15, -0.1) is 0 Å². The third-order valence-electron chi connectivity index (χ3n) is 5.40. The monoisotopic (exact) mass is 416 g/mol. The van der Waals surface area contributed by atoms with Crippen molar-refractivity contribution < 1.29 is 9.50 Å². The van der Waals surface area contributed by atoms with Crippen LogP contribution < -0.4 is 10.9 Å². The lowest BCUT2D eigenvalue weighted by Gasteiger charge is -2.35. The van der Waals surface area contributed by atoms with Gasteiger partial charge in [0.05, 0.1) is 22.7 Å². The van der Waals surface area contributed by atoms with Gasteiger partial charge in [-0.1, -0.05) is 30.3 Å². The SMILES string of the molecule is O=c1c2cc(F)ccc2nc(Nc2ccc(CN3CC(O)C3)cc2)n1-c1ccccc1. The van der Waals surface area contributed by atoms with Crippen LogP contribution in [0.15, 0.2) is 77.6 Å². The van der Waals surface area contributed by atoms with E-state index >= 15 is 0 Å². The van der Waals surface area contributed by atoms with Crippen molar-refractivity contribution >= 4 is 22.5 Å². The summed E-state index contributed by atoms with van der Waals surface area (Å²) in [5.74, 6) is -0.119. The van der Waals surface area contributed by atoms with Gasteiger partial charge in [0.1, 0.15) is 5.82 Å². The van der Waals surface area contributed by atoms with Gasteiger partial charge in [0.2, 0.25) is 5.95 Å². The van der Waals surface area contributed by atoms with Gasteiger partial charge in [-0.05, 0) is 48.0 Å². The fourth-order valence-corrected chi connectivity index (χ4v) is 3.81. The van der Waals surface area contributed by atoms with Gasteiger partial charge in [-0.2, -0.15) is 0 Å². The Kier molecular flexibility index (Phi) is 4.97. The maximum Gasteiger partial charge on any atom is 0.267 e. The molecule has 6 nitrogen and oxygen atoms in total. The minimum Gasteiger partial charge on any atom is -0.390 e. The van der Waals surface area contributed by atoms with Crippen LogP contribution in [0.3, 0.4) is 0 Å². The normalized spacial score (nSPS) is 14.5. The lowest BCUT2D eigenvalue weighted by atomic mass is 10.1. The molecular weight excluding hydrogens is 395 g/mol. The first-order valence-electron chi connectivity index (χ1n) is 10.1. The summed E-state index contributed by atoms with van der Waals surface area (Å²) in [7, 11) is 0. The lowest BCUT2D eigenvalue weighted by molar-refractivity contribution is -0.00286. The first kappa shape index (κ1) is 19.4. The van der Waals surface area contributed by atoms with Gasteiger partial charge in [-0.3, -0.25) is 9.69 Å². The summed E-state index contributed by atoms with van der Waals surface area (Å²) in [4.78, 5) is 20.0. The number of aliphatic hydroxyl groups excluding tert-OH is 1. The predicted octanol–water partition coefficient (Wildman–Crippen LogP) is 3.44. The largest absolute Gasteiger partial charge is 0.390 e. The Morgan fingerprint density at radius 1 is 1.03 bits per heavy atom. The summed E-state index contributed by atoms with van der Waals surface area (Å²) < 4.78 is 15.2. The summed E-state index contributed by atoms with van der Waals surface area (Å²) in [5, 5.41) is 12.9. The van der Waals surface area contributed by atoms with Gasteiger partial charge < -0.3 is 10.4 Å². The second-order valence-corrected chi connectivity index (χ2v) is 7.74. The van der Waals surface area contributed by atoms with Crippen LogP contribution >= 0.6 is 0 Å². The van der Waals surface area contributed by atoms with Gasteiger partial charge in [0, 0.05) is 25.3 Å². The smallest absolute Gasteiger partial charge is 0.267 e. The van der Waals surface area contributed by atoms with Crippen molar-refractivity contribution in [1.29, 1.82) is 0 Å². The molecule has 1 fully saturated rings. The minimum absolute atomic E-state index is 0.219. The number of aliphatic hydroxyl groups is 1. The van der Waals surface area contributed by atoms with Gasteiger partial charge in [0.15, 0.2) is 0 Å². The first-order chi connectivity index (χ1) is 15.1. The molecule has 0 radical (unpaired) electrons. The van der Waals surface area contributed by atoms with Crippen LogP contribution in [0.1, 0.15) is 5.56 Å². The highest BCUT2D eigenvalue weighted by Crippen LogP contribution is 2.22. The average Bonchev–Trinajstić information content (AvgIpc) is 2.75. The number of nitrogens with one attached hydrogen (secondary N) is 1. The maximum atomic E-state index is 13.8. The average molecular weight is 416 g/mol. The summed E-state index contributed by atoms with van der Waals surface area (Å²) in [6, 6.07) is 21.1. The third kappa shape index (κ3) is 3.93. The van der Waals surface area contributed by atoms with Crippen LogP contribution in [0.25, 0.3) is 16.6 Å². The van der Waals surface area contributed by atoms with Crippen molar-refractivity contribution in [2.75, 3.05) is 18.4 Å². The summed E-state index contributed by atoms with van der Waals surface area (Å²) in [5.41, 5.74) is 2.65. The summed E-state index contributed by atoms with van der Waals surface area (Å²) >= 11 is 0. The number of benzene rings is 3. The molecule has 1 aliphatic heterocycles.